The predicted molar refractivity (Wildman–Crippen MR) is 61.8 cm³/mol. The van der Waals surface area contributed by atoms with E-state index in [2.05, 4.69) is 17.4 Å². The molecule has 15 heavy (non-hydrogen) atoms. The first kappa shape index (κ1) is 10.7. The SMILES string of the molecule is O[C@H](Cc1ccccc1)[C@H]1CCCCN1. The Hall–Kier alpha value is -0.860. The maximum Gasteiger partial charge on any atom is 0.0733 e. The topological polar surface area (TPSA) is 32.3 Å². The molecule has 0 bridgehead atoms. The fraction of sp³-hybridized carbons (Fsp3) is 0.538. The minimum absolute atomic E-state index is 0.243. The van der Waals surface area contributed by atoms with Gasteiger partial charge in [-0.3, -0.25) is 0 Å². The number of benzene rings is 1. The highest BCUT2D eigenvalue weighted by atomic mass is 16.3. The van der Waals surface area contributed by atoms with Crippen LogP contribution in [0.3, 0.4) is 0 Å². The quantitative estimate of drug-likeness (QED) is 0.787. The zero-order chi connectivity index (χ0) is 10.5. The van der Waals surface area contributed by atoms with Crippen molar-refractivity contribution in [1.82, 2.24) is 5.32 Å². The van der Waals surface area contributed by atoms with Crippen molar-refractivity contribution in [1.29, 1.82) is 0 Å². The van der Waals surface area contributed by atoms with Gasteiger partial charge in [0.05, 0.1) is 6.10 Å². The van der Waals surface area contributed by atoms with Gasteiger partial charge in [-0.25, -0.2) is 0 Å². The number of aliphatic hydroxyl groups is 1. The second kappa shape index (κ2) is 5.29. The summed E-state index contributed by atoms with van der Waals surface area (Å²) < 4.78 is 0. The zero-order valence-corrected chi connectivity index (χ0v) is 9.02. The molecule has 0 spiro atoms. The van der Waals surface area contributed by atoms with Crippen LogP contribution in [0.25, 0.3) is 0 Å². The van der Waals surface area contributed by atoms with Crippen LogP contribution in [0.2, 0.25) is 0 Å². The summed E-state index contributed by atoms with van der Waals surface area (Å²) in [6.07, 6.45) is 4.11. The van der Waals surface area contributed by atoms with Gasteiger partial charge in [-0.1, -0.05) is 36.8 Å². The molecule has 2 rings (SSSR count). The fourth-order valence-electron chi connectivity index (χ4n) is 2.21. The van der Waals surface area contributed by atoms with Gasteiger partial charge >= 0.3 is 0 Å². The lowest BCUT2D eigenvalue weighted by Gasteiger charge is -2.28. The van der Waals surface area contributed by atoms with Crippen LogP contribution in [0.1, 0.15) is 24.8 Å². The second-order valence-electron chi connectivity index (χ2n) is 4.31. The van der Waals surface area contributed by atoms with Crippen LogP contribution in [0.5, 0.6) is 0 Å². The van der Waals surface area contributed by atoms with Crippen LogP contribution in [-0.4, -0.2) is 23.8 Å². The molecule has 0 aromatic heterocycles. The first-order chi connectivity index (χ1) is 7.36. The van der Waals surface area contributed by atoms with Gasteiger partial charge in [0.25, 0.3) is 0 Å². The summed E-state index contributed by atoms with van der Waals surface area (Å²) in [5, 5.41) is 13.5. The Kier molecular flexibility index (Phi) is 3.75. The lowest BCUT2D eigenvalue weighted by Crippen LogP contribution is -2.44. The van der Waals surface area contributed by atoms with Crippen molar-refractivity contribution >= 4 is 0 Å². The molecule has 2 atom stereocenters. The maximum atomic E-state index is 10.1. The zero-order valence-electron chi connectivity index (χ0n) is 9.02. The van der Waals surface area contributed by atoms with Crippen molar-refractivity contribution < 1.29 is 5.11 Å². The van der Waals surface area contributed by atoms with Gasteiger partial charge < -0.3 is 10.4 Å². The molecule has 1 aromatic rings. The number of piperidine rings is 1. The molecule has 0 aliphatic carbocycles. The van der Waals surface area contributed by atoms with Crippen LogP contribution >= 0.6 is 0 Å². The molecule has 1 fully saturated rings. The number of hydrogen-bond donors (Lipinski definition) is 2. The average molecular weight is 205 g/mol. The fourth-order valence-corrected chi connectivity index (χ4v) is 2.21. The third kappa shape index (κ3) is 3.05. The molecular formula is C13H19NO. The van der Waals surface area contributed by atoms with E-state index in [4.69, 9.17) is 0 Å². The van der Waals surface area contributed by atoms with E-state index in [1.165, 1.54) is 18.4 Å². The Bertz CT molecular complexity index is 280. The van der Waals surface area contributed by atoms with E-state index < -0.39 is 0 Å². The van der Waals surface area contributed by atoms with E-state index in [-0.39, 0.29) is 6.10 Å². The number of nitrogens with one attached hydrogen (secondary N) is 1. The van der Waals surface area contributed by atoms with Crippen molar-refractivity contribution in [3.05, 3.63) is 35.9 Å². The van der Waals surface area contributed by atoms with E-state index in [1.54, 1.807) is 0 Å². The highest BCUT2D eigenvalue weighted by Crippen LogP contribution is 2.13. The number of aliphatic hydroxyl groups excluding tert-OH is 1. The standard InChI is InChI=1S/C13H19NO/c15-13(12-8-4-5-9-14-12)10-11-6-2-1-3-7-11/h1-3,6-7,12-15H,4-5,8-10H2/t12-,13-/m1/s1. The smallest absolute Gasteiger partial charge is 0.0733 e. The third-order valence-electron chi connectivity index (χ3n) is 3.10. The Morgan fingerprint density at radius 3 is 2.73 bits per heavy atom. The molecule has 2 nitrogen and oxygen atoms in total. The van der Waals surface area contributed by atoms with Gasteiger partial charge in [0.15, 0.2) is 0 Å². The lowest BCUT2D eigenvalue weighted by molar-refractivity contribution is 0.113. The monoisotopic (exact) mass is 205 g/mol. The van der Waals surface area contributed by atoms with E-state index in [0.29, 0.717) is 6.04 Å². The van der Waals surface area contributed by atoms with Crippen LogP contribution in [0.4, 0.5) is 0 Å². The number of rotatable bonds is 3. The molecule has 2 heteroatoms. The van der Waals surface area contributed by atoms with Crippen molar-refractivity contribution in [2.75, 3.05) is 6.54 Å². The van der Waals surface area contributed by atoms with Gasteiger partial charge in [0.2, 0.25) is 0 Å². The third-order valence-corrected chi connectivity index (χ3v) is 3.10. The van der Waals surface area contributed by atoms with Crippen LogP contribution in [0, 0.1) is 0 Å². The van der Waals surface area contributed by atoms with Gasteiger partial charge in [0.1, 0.15) is 0 Å². The first-order valence-electron chi connectivity index (χ1n) is 5.81. The summed E-state index contributed by atoms with van der Waals surface area (Å²) in [6, 6.07) is 10.5. The molecule has 1 aliphatic rings. The Morgan fingerprint density at radius 2 is 2.07 bits per heavy atom. The molecule has 2 N–H and O–H groups in total. The normalized spacial score (nSPS) is 23.7. The molecule has 1 aromatic carbocycles. The molecular weight excluding hydrogens is 186 g/mol. The largest absolute Gasteiger partial charge is 0.391 e. The van der Waals surface area contributed by atoms with E-state index in [9.17, 15) is 5.11 Å². The van der Waals surface area contributed by atoms with Crippen LogP contribution in [-0.2, 0) is 6.42 Å². The minimum Gasteiger partial charge on any atom is -0.391 e. The summed E-state index contributed by atoms with van der Waals surface area (Å²) in [7, 11) is 0. The predicted octanol–water partition coefficient (Wildman–Crippen LogP) is 1.73. The highest BCUT2D eigenvalue weighted by molar-refractivity contribution is 5.15. The average Bonchev–Trinajstić information content (AvgIpc) is 2.31. The molecule has 0 saturated carbocycles. The van der Waals surface area contributed by atoms with Crippen LogP contribution < -0.4 is 5.32 Å². The van der Waals surface area contributed by atoms with Crippen LogP contribution in [0.15, 0.2) is 30.3 Å². The van der Waals surface area contributed by atoms with Gasteiger partial charge in [-0.05, 0) is 31.4 Å². The van der Waals surface area contributed by atoms with Gasteiger partial charge in [0, 0.05) is 6.04 Å². The molecule has 1 aliphatic heterocycles. The second-order valence-corrected chi connectivity index (χ2v) is 4.31. The molecule has 1 saturated heterocycles. The molecule has 0 unspecified atom stereocenters. The summed E-state index contributed by atoms with van der Waals surface area (Å²) >= 11 is 0. The highest BCUT2D eigenvalue weighted by Gasteiger charge is 2.20. The Labute approximate surface area is 91.3 Å². The van der Waals surface area contributed by atoms with Gasteiger partial charge in [-0.15, -0.1) is 0 Å². The molecule has 0 radical (unpaired) electrons. The Morgan fingerprint density at radius 1 is 1.27 bits per heavy atom. The summed E-state index contributed by atoms with van der Waals surface area (Å²) in [4.78, 5) is 0. The van der Waals surface area contributed by atoms with Crippen molar-refractivity contribution in [3.8, 4) is 0 Å². The lowest BCUT2D eigenvalue weighted by atomic mass is 9.95. The van der Waals surface area contributed by atoms with E-state index in [0.717, 1.165) is 19.4 Å². The molecule has 0 amide bonds. The minimum atomic E-state index is -0.243. The van der Waals surface area contributed by atoms with Gasteiger partial charge in [-0.2, -0.15) is 0 Å². The molecule has 1 heterocycles. The van der Waals surface area contributed by atoms with Crippen molar-refractivity contribution in [2.45, 2.75) is 37.8 Å². The van der Waals surface area contributed by atoms with Crippen molar-refractivity contribution in [3.63, 3.8) is 0 Å². The summed E-state index contributed by atoms with van der Waals surface area (Å²) in [5.41, 5.74) is 1.22. The van der Waals surface area contributed by atoms with E-state index in [1.807, 2.05) is 18.2 Å². The summed E-state index contributed by atoms with van der Waals surface area (Å²) in [5.74, 6) is 0. The number of hydrogen-bond acceptors (Lipinski definition) is 2. The maximum absolute atomic E-state index is 10.1. The van der Waals surface area contributed by atoms with E-state index >= 15 is 0 Å². The molecule has 82 valence electrons. The van der Waals surface area contributed by atoms with Crippen molar-refractivity contribution in [2.24, 2.45) is 0 Å². The Balaban J connectivity index is 1.88. The summed E-state index contributed by atoms with van der Waals surface area (Å²) in [6.45, 7) is 1.05. The first-order valence-corrected chi connectivity index (χ1v) is 5.81.